The van der Waals surface area contributed by atoms with Crippen LogP contribution in [0.15, 0.2) is 65.6 Å². The van der Waals surface area contributed by atoms with Crippen molar-refractivity contribution in [1.82, 2.24) is 4.90 Å². The molecule has 1 aliphatic heterocycles. The van der Waals surface area contributed by atoms with Gasteiger partial charge in [-0.1, -0.05) is 36.4 Å². The van der Waals surface area contributed by atoms with Crippen molar-refractivity contribution in [2.75, 3.05) is 18.5 Å². The lowest BCUT2D eigenvalue weighted by Gasteiger charge is -2.15. The summed E-state index contributed by atoms with van der Waals surface area (Å²) < 4.78 is 12.7. The summed E-state index contributed by atoms with van der Waals surface area (Å²) in [6, 6.07) is 19.2. The summed E-state index contributed by atoms with van der Waals surface area (Å²) in [5.74, 6) is 0.220. The van der Waals surface area contributed by atoms with E-state index in [2.05, 4.69) is 27.9 Å². The highest BCUT2D eigenvalue weighted by Gasteiger charge is 2.36. The molecule has 0 unspecified atom stereocenters. The summed E-state index contributed by atoms with van der Waals surface area (Å²) >= 11 is 2.98. The highest BCUT2D eigenvalue weighted by Crippen LogP contribution is 2.38. The number of thioether (sulfide) groups is 1. The van der Waals surface area contributed by atoms with Crippen LogP contribution >= 0.6 is 34.4 Å². The van der Waals surface area contributed by atoms with Crippen molar-refractivity contribution in [1.29, 1.82) is 0 Å². The van der Waals surface area contributed by atoms with Crippen molar-refractivity contribution in [2.24, 2.45) is 0 Å². The summed E-state index contributed by atoms with van der Waals surface area (Å²) in [6.45, 7) is 6.22. The van der Waals surface area contributed by atoms with Crippen LogP contribution in [0.1, 0.15) is 29.2 Å². The number of aryl methyl sites for hydroxylation is 2. The van der Waals surface area contributed by atoms with Gasteiger partial charge in [-0.25, -0.2) is 0 Å². The van der Waals surface area contributed by atoms with Gasteiger partial charge in [-0.05, 0) is 108 Å². The maximum absolute atomic E-state index is 13.0. The highest BCUT2D eigenvalue weighted by molar-refractivity contribution is 14.1. The van der Waals surface area contributed by atoms with Gasteiger partial charge in [-0.2, -0.15) is 0 Å². The minimum absolute atomic E-state index is 0.241. The van der Waals surface area contributed by atoms with Crippen LogP contribution in [0.2, 0.25) is 0 Å². The lowest BCUT2D eigenvalue weighted by atomic mass is 10.1. The van der Waals surface area contributed by atoms with Gasteiger partial charge in [0.2, 0.25) is 5.91 Å². The van der Waals surface area contributed by atoms with Crippen LogP contribution in [0.3, 0.4) is 0 Å². The Morgan fingerprint density at radius 3 is 2.42 bits per heavy atom. The molecule has 0 spiro atoms. The lowest BCUT2D eigenvalue weighted by molar-refractivity contribution is -0.127. The first kappa shape index (κ1) is 27.7. The fourth-order valence-corrected chi connectivity index (χ4v) is 5.60. The normalized spacial score (nSPS) is 14.2. The van der Waals surface area contributed by atoms with E-state index in [0.717, 1.165) is 36.9 Å². The fraction of sp³-hybridized carbons (Fsp3) is 0.207. The van der Waals surface area contributed by atoms with Crippen molar-refractivity contribution in [3.05, 3.63) is 91.4 Å². The Labute approximate surface area is 239 Å². The molecule has 1 heterocycles. The molecule has 1 N–H and O–H groups in total. The van der Waals surface area contributed by atoms with Gasteiger partial charge in [0.1, 0.15) is 13.2 Å². The van der Waals surface area contributed by atoms with Crippen LogP contribution in [0.5, 0.6) is 11.5 Å². The predicted molar refractivity (Wildman–Crippen MR) is 158 cm³/mol. The molecule has 1 aliphatic rings. The highest BCUT2D eigenvalue weighted by atomic mass is 127. The number of anilines is 1. The van der Waals surface area contributed by atoms with E-state index in [1.165, 1.54) is 0 Å². The van der Waals surface area contributed by atoms with Gasteiger partial charge in [0.25, 0.3) is 11.1 Å². The second-order valence-corrected chi connectivity index (χ2v) is 10.9. The van der Waals surface area contributed by atoms with E-state index in [9.17, 15) is 14.4 Å². The maximum atomic E-state index is 13.0. The summed E-state index contributed by atoms with van der Waals surface area (Å²) in [5.41, 5.74) is 4.36. The van der Waals surface area contributed by atoms with E-state index in [4.69, 9.17) is 9.47 Å². The molecule has 0 aliphatic carbocycles. The molecule has 9 heteroatoms. The first-order valence-corrected chi connectivity index (χ1v) is 13.9. The van der Waals surface area contributed by atoms with Crippen LogP contribution < -0.4 is 14.8 Å². The van der Waals surface area contributed by atoms with Crippen molar-refractivity contribution < 1.29 is 23.9 Å². The Kier molecular flexibility index (Phi) is 9.11. The molecule has 0 aromatic heterocycles. The molecule has 4 rings (SSSR count). The van der Waals surface area contributed by atoms with Gasteiger partial charge in [0.05, 0.1) is 15.1 Å². The molecule has 0 bridgehead atoms. The van der Waals surface area contributed by atoms with Gasteiger partial charge < -0.3 is 14.8 Å². The zero-order valence-corrected chi connectivity index (χ0v) is 24.2. The number of hydrogen-bond acceptors (Lipinski definition) is 6. The largest absolute Gasteiger partial charge is 0.490 e. The third kappa shape index (κ3) is 6.96. The monoisotopic (exact) mass is 642 g/mol. The molecule has 0 atom stereocenters. The number of hydrogen-bond donors (Lipinski definition) is 1. The third-order valence-corrected chi connectivity index (χ3v) is 7.24. The molecule has 196 valence electrons. The Bertz CT molecular complexity index is 1390. The topological polar surface area (TPSA) is 84.9 Å². The molecule has 3 amide bonds. The van der Waals surface area contributed by atoms with E-state index >= 15 is 0 Å². The summed E-state index contributed by atoms with van der Waals surface area (Å²) in [5, 5.41) is 2.28. The molecule has 1 saturated heterocycles. The van der Waals surface area contributed by atoms with Gasteiger partial charge in [0, 0.05) is 5.69 Å². The molecular formula is C29H27IN2O5S. The molecule has 3 aromatic carbocycles. The summed E-state index contributed by atoms with van der Waals surface area (Å²) in [4.78, 5) is 39.4. The van der Waals surface area contributed by atoms with E-state index in [1.54, 1.807) is 12.1 Å². The number of nitrogens with zero attached hydrogens (tertiary/aromatic N) is 1. The number of rotatable bonds is 9. The summed E-state index contributed by atoms with van der Waals surface area (Å²) in [6.07, 6.45) is 1.64. The third-order valence-electron chi connectivity index (χ3n) is 5.54. The first-order chi connectivity index (χ1) is 18.2. The Hall–Kier alpha value is -3.31. The van der Waals surface area contributed by atoms with Crippen LogP contribution in [-0.4, -0.2) is 35.1 Å². The fourth-order valence-electron chi connectivity index (χ4n) is 3.98. The zero-order chi connectivity index (χ0) is 27.2. The number of amides is 3. The second-order valence-electron chi connectivity index (χ2n) is 8.73. The van der Waals surface area contributed by atoms with Crippen molar-refractivity contribution in [3.8, 4) is 11.5 Å². The molecular weight excluding hydrogens is 615 g/mol. The number of carbonyl (C=O) groups is 3. The van der Waals surface area contributed by atoms with E-state index in [0.29, 0.717) is 36.0 Å². The maximum Gasteiger partial charge on any atom is 0.294 e. The number of benzene rings is 3. The Morgan fingerprint density at radius 2 is 1.74 bits per heavy atom. The number of carbonyl (C=O) groups excluding carboxylic acids is 3. The Balaban J connectivity index is 1.49. The van der Waals surface area contributed by atoms with Gasteiger partial charge >= 0.3 is 0 Å². The number of ether oxygens (including phenoxy) is 2. The Morgan fingerprint density at radius 1 is 1.03 bits per heavy atom. The van der Waals surface area contributed by atoms with Crippen molar-refractivity contribution in [2.45, 2.75) is 27.4 Å². The molecule has 38 heavy (non-hydrogen) atoms. The van der Waals surface area contributed by atoms with Crippen LogP contribution in [-0.2, 0) is 16.2 Å². The van der Waals surface area contributed by atoms with Gasteiger partial charge in [-0.3, -0.25) is 19.3 Å². The predicted octanol–water partition coefficient (Wildman–Crippen LogP) is 6.56. The van der Waals surface area contributed by atoms with Gasteiger partial charge in [-0.15, -0.1) is 0 Å². The molecule has 3 aromatic rings. The molecule has 0 radical (unpaired) electrons. The molecule has 7 nitrogen and oxygen atoms in total. The SMILES string of the molecule is CCOc1cc(/C=C2/SC(=O)N(CC(=O)Nc3cc(C)cc(C)c3)C2=O)cc(I)c1OCc1ccccc1. The number of nitrogens with one attached hydrogen (secondary N) is 1. The quantitative estimate of drug-likeness (QED) is 0.210. The van der Waals surface area contributed by atoms with Crippen molar-refractivity contribution in [3.63, 3.8) is 0 Å². The molecule has 1 fully saturated rings. The standard InChI is InChI=1S/C29H27IN2O5S/c1-4-36-24-14-21(13-23(30)27(24)37-17-20-8-6-5-7-9-20)15-25-28(34)32(29(35)38-25)16-26(33)31-22-11-18(2)10-19(3)12-22/h5-15H,4,16-17H2,1-3H3,(H,31,33)/b25-15+. The van der Waals surface area contributed by atoms with Crippen LogP contribution in [0.4, 0.5) is 10.5 Å². The van der Waals surface area contributed by atoms with E-state index in [1.807, 2.05) is 75.4 Å². The second kappa shape index (κ2) is 12.5. The van der Waals surface area contributed by atoms with Crippen molar-refractivity contribution >= 4 is 63.2 Å². The lowest BCUT2D eigenvalue weighted by Crippen LogP contribution is -2.36. The number of imide groups is 1. The average Bonchev–Trinajstić information content (AvgIpc) is 3.11. The van der Waals surface area contributed by atoms with E-state index < -0.39 is 17.1 Å². The smallest absolute Gasteiger partial charge is 0.294 e. The van der Waals surface area contributed by atoms with Crippen LogP contribution in [0.25, 0.3) is 6.08 Å². The average molecular weight is 643 g/mol. The van der Waals surface area contributed by atoms with E-state index in [-0.39, 0.29) is 11.4 Å². The van der Waals surface area contributed by atoms with Crippen LogP contribution in [0, 0.1) is 17.4 Å². The molecule has 0 saturated carbocycles. The number of halogens is 1. The van der Waals surface area contributed by atoms with Gasteiger partial charge in [0.15, 0.2) is 11.5 Å². The minimum atomic E-state index is -0.507. The minimum Gasteiger partial charge on any atom is -0.490 e. The zero-order valence-electron chi connectivity index (χ0n) is 21.2. The summed E-state index contributed by atoms with van der Waals surface area (Å²) in [7, 11) is 0. The first-order valence-electron chi connectivity index (χ1n) is 12.0.